The summed E-state index contributed by atoms with van der Waals surface area (Å²) in [6.07, 6.45) is 0.550. The number of Topliss-reactive ketones (excluding diaryl/α,β-unsaturated/α-hetero) is 1. The second-order valence-corrected chi connectivity index (χ2v) is 7.55. The van der Waals surface area contributed by atoms with Gasteiger partial charge in [-0.25, -0.2) is 9.18 Å². The Kier molecular flexibility index (Phi) is 10.2. The largest absolute Gasteiger partial charge is 0.445 e. The van der Waals surface area contributed by atoms with Crippen molar-refractivity contribution in [2.24, 2.45) is 23.5 Å². The molecule has 0 bridgehead atoms. The number of ether oxygens (including phenoxy) is 1. The van der Waals surface area contributed by atoms with Crippen LogP contribution in [0.1, 0.15) is 45.6 Å². The minimum Gasteiger partial charge on any atom is -0.445 e. The molecule has 2 unspecified atom stereocenters. The van der Waals surface area contributed by atoms with Gasteiger partial charge < -0.3 is 15.8 Å². The van der Waals surface area contributed by atoms with Gasteiger partial charge in [0.05, 0.1) is 0 Å². The van der Waals surface area contributed by atoms with Crippen LogP contribution in [-0.2, 0) is 20.9 Å². The van der Waals surface area contributed by atoms with Crippen molar-refractivity contribution >= 4 is 17.8 Å². The predicted molar refractivity (Wildman–Crippen MR) is 105 cm³/mol. The molecule has 3 N–H and O–H groups in total. The maximum atomic E-state index is 12.3. The van der Waals surface area contributed by atoms with E-state index in [9.17, 15) is 18.8 Å². The Morgan fingerprint density at radius 3 is 2.32 bits per heavy atom. The number of rotatable bonds is 12. The zero-order valence-electron chi connectivity index (χ0n) is 16.8. The molecule has 0 aliphatic heterocycles. The van der Waals surface area contributed by atoms with Crippen LogP contribution in [0.3, 0.4) is 0 Å². The first kappa shape index (κ1) is 23.6. The molecule has 28 heavy (non-hydrogen) atoms. The van der Waals surface area contributed by atoms with E-state index in [2.05, 4.69) is 5.32 Å². The van der Waals surface area contributed by atoms with Crippen molar-refractivity contribution in [2.45, 2.75) is 52.7 Å². The van der Waals surface area contributed by atoms with Gasteiger partial charge in [-0.1, -0.05) is 51.1 Å². The number of nitrogens with two attached hydrogens (primary N) is 1. The van der Waals surface area contributed by atoms with Gasteiger partial charge in [0.2, 0.25) is 5.91 Å². The van der Waals surface area contributed by atoms with Crippen LogP contribution in [0.25, 0.3) is 0 Å². The number of halogens is 1. The highest BCUT2D eigenvalue weighted by atomic mass is 19.1. The van der Waals surface area contributed by atoms with Gasteiger partial charge in [0.15, 0.2) is 5.78 Å². The SMILES string of the molecule is CC(CCC(=O)CF)CC(C(C)C)[C@H](NC(=O)OCc1ccccc1)C(N)=O. The molecule has 1 rings (SSSR count). The summed E-state index contributed by atoms with van der Waals surface area (Å²) >= 11 is 0. The molecule has 0 aliphatic rings. The number of benzene rings is 1. The molecule has 0 aromatic heterocycles. The van der Waals surface area contributed by atoms with Crippen LogP contribution in [0.15, 0.2) is 30.3 Å². The van der Waals surface area contributed by atoms with E-state index in [1.54, 1.807) is 0 Å². The van der Waals surface area contributed by atoms with Crippen molar-refractivity contribution in [3.8, 4) is 0 Å². The Bertz CT molecular complexity index is 637. The third-order valence-electron chi connectivity index (χ3n) is 4.82. The zero-order valence-corrected chi connectivity index (χ0v) is 16.8. The molecule has 0 spiro atoms. The Labute approximate surface area is 166 Å². The fraction of sp³-hybridized carbons (Fsp3) is 0.571. The molecule has 3 atom stereocenters. The molecule has 6 nitrogen and oxygen atoms in total. The minimum absolute atomic E-state index is 0.0613. The van der Waals surface area contributed by atoms with Crippen molar-refractivity contribution in [1.82, 2.24) is 5.32 Å². The summed E-state index contributed by atoms with van der Waals surface area (Å²) in [7, 11) is 0. The van der Waals surface area contributed by atoms with E-state index in [1.165, 1.54) is 0 Å². The molecule has 0 aliphatic carbocycles. The topological polar surface area (TPSA) is 98.5 Å². The smallest absolute Gasteiger partial charge is 0.408 e. The maximum absolute atomic E-state index is 12.3. The van der Waals surface area contributed by atoms with Gasteiger partial charge in [0.1, 0.15) is 19.3 Å². The Morgan fingerprint density at radius 2 is 1.79 bits per heavy atom. The number of nitrogens with one attached hydrogen (secondary N) is 1. The first-order valence-corrected chi connectivity index (χ1v) is 9.58. The van der Waals surface area contributed by atoms with Gasteiger partial charge in [-0.3, -0.25) is 9.59 Å². The van der Waals surface area contributed by atoms with Crippen LogP contribution in [0.2, 0.25) is 0 Å². The lowest BCUT2D eigenvalue weighted by Crippen LogP contribution is -2.51. The highest BCUT2D eigenvalue weighted by Crippen LogP contribution is 2.26. The second kappa shape index (κ2) is 12.1. The van der Waals surface area contributed by atoms with Gasteiger partial charge in [-0.05, 0) is 36.2 Å². The van der Waals surface area contributed by atoms with E-state index < -0.39 is 30.5 Å². The number of hydrogen-bond donors (Lipinski definition) is 2. The van der Waals surface area contributed by atoms with Crippen molar-refractivity contribution in [3.05, 3.63) is 35.9 Å². The van der Waals surface area contributed by atoms with E-state index in [1.807, 2.05) is 51.1 Å². The molecule has 156 valence electrons. The maximum Gasteiger partial charge on any atom is 0.408 e. The molecule has 0 radical (unpaired) electrons. The van der Waals surface area contributed by atoms with E-state index in [0.29, 0.717) is 12.8 Å². The number of amides is 2. The van der Waals surface area contributed by atoms with Crippen LogP contribution in [0.5, 0.6) is 0 Å². The minimum atomic E-state index is -0.959. The highest BCUT2D eigenvalue weighted by molar-refractivity contribution is 5.84. The standard InChI is InChI=1S/C21H31FN2O4/c1-14(2)18(11-15(3)9-10-17(25)12-22)19(20(23)26)24-21(27)28-13-16-7-5-4-6-8-16/h4-8,14-15,18-19H,9-13H2,1-3H3,(H2,23,26)(H,24,27)/t15?,18?,19-/m0/s1. The Morgan fingerprint density at radius 1 is 1.14 bits per heavy atom. The van der Waals surface area contributed by atoms with Gasteiger partial charge >= 0.3 is 6.09 Å². The number of primary amides is 1. The average Bonchev–Trinajstić information content (AvgIpc) is 2.67. The summed E-state index contributed by atoms with van der Waals surface area (Å²) in [5.41, 5.74) is 6.37. The monoisotopic (exact) mass is 394 g/mol. The molecular formula is C21H31FN2O4. The Hall–Kier alpha value is -2.44. The van der Waals surface area contributed by atoms with Crippen LogP contribution in [0.4, 0.5) is 9.18 Å². The van der Waals surface area contributed by atoms with Crippen molar-refractivity contribution in [3.63, 3.8) is 0 Å². The molecule has 0 fully saturated rings. The number of carbonyl (C=O) groups is 3. The lowest BCUT2D eigenvalue weighted by molar-refractivity contribution is -0.122. The summed E-state index contributed by atoms with van der Waals surface area (Å²) in [6, 6.07) is 8.32. The number of alkyl halides is 1. The van der Waals surface area contributed by atoms with Crippen molar-refractivity contribution in [2.75, 3.05) is 6.67 Å². The fourth-order valence-corrected chi connectivity index (χ4v) is 3.13. The van der Waals surface area contributed by atoms with E-state index in [4.69, 9.17) is 10.5 Å². The lowest BCUT2D eigenvalue weighted by Gasteiger charge is -2.30. The lowest BCUT2D eigenvalue weighted by atomic mass is 9.80. The van der Waals surface area contributed by atoms with Crippen molar-refractivity contribution < 1.29 is 23.5 Å². The van der Waals surface area contributed by atoms with Gasteiger partial charge in [-0.15, -0.1) is 0 Å². The molecule has 0 saturated heterocycles. The number of alkyl carbamates (subject to hydrolysis) is 1. The second-order valence-electron chi connectivity index (χ2n) is 7.55. The summed E-state index contributed by atoms with van der Waals surface area (Å²) in [5, 5.41) is 2.59. The van der Waals surface area contributed by atoms with Crippen LogP contribution in [0, 0.1) is 17.8 Å². The number of hydrogen-bond acceptors (Lipinski definition) is 4. The summed E-state index contributed by atoms with van der Waals surface area (Å²) < 4.78 is 17.5. The van der Waals surface area contributed by atoms with Gasteiger partial charge in [-0.2, -0.15) is 0 Å². The van der Waals surface area contributed by atoms with Gasteiger partial charge in [0, 0.05) is 6.42 Å². The van der Waals surface area contributed by atoms with Gasteiger partial charge in [0.25, 0.3) is 0 Å². The summed E-state index contributed by atoms with van der Waals surface area (Å²) in [4.78, 5) is 35.4. The molecule has 2 amide bonds. The van der Waals surface area contributed by atoms with Crippen molar-refractivity contribution in [1.29, 1.82) is 0 Å². The molecule has 0 heterocycles. The number of carbonyl (C=O) groups excluding carboxylic acids is 3. The predicted octanol–water partition coefficient (Wildman–Crippen LogP) is 3.38. The quantitative estimate of drug-likeness (QED) is 0.568. The fourth-order valence-electron chi connectivity index (χ4n) is 3.13. The molecule has 0 saturated carbocycles. The van der Waals surface area contributed by atoms with Crippen LogP contribution >= 0.6 is 0 Å². The third kappa shape index (κ3) is 8.50. The molecular weight excluding hydrogens is 363 g/mol. The first-order chi connectivity index (χ1) is 13.2. The molecule has 1 aromatic rings. The third-order valence-corrected chi connectivity index (χ3v) is 4.82. The first-order valence-electron chi connectivity index (χ1n) is 9.58. The van der Waals surface area contributed by atoms with E-state index >= 15 is 0 Å². The number of ketones is 1. The summed E-state index contributed by atoms with van der Waals surface area (Å²) in [5.74, 6) is -1.15. The van der Waals surface area contributed by atoms with Crippen LogP contribution < -0.4 is 11.1 Å². The molecule has 1 aromatic carbocycles. The van der Waals surface area contributed by atoms with E-state index in [0.717, 1.165) is 5.56 Å². The van der Waals surface area contributed by atoms with Crippen LogP contribution in [-0.4, -0.2) is 30.5 Å². The highest BCUT2D eigenvalue weighted by Gasteiger charge is 2.32. The van der Waals surface area contributed by atoms with E-state index in [-0.39, 0.29) is 30.8 Å². The normalized spacial score (nSPS) is 14.2. The Balaban J connectivity index is 2.68. The zero-order chi connectivity index (χ0) is 21.1. The average molecular weight is 394 g/mol. The summed E-state index contributed by atoms with van der Waals surface area (Å²) in [6.45, 7) is 4.95. The molecule has 7 heteroatoms.